The van der Waals surface area contributed by atoms with E-state index >= 15 is 0 Å². The summed E-state index contributed by atoms with van der Waals surface area (Å²) in [7, 11) is 1.34. The highest BCUT2D eigenvalue weighted by atomic mass is 19.4. The minimum Gasteiger partial charge on any atom is -0.469 e. The molecule has 0 radical (unpaired) electrons. The van der Waals surface area contributed by atoms with Crippen LogP contribution >= 0.6 is 0 Å². The number of esters is 1. The number of hydrogen-bond donors (Lipinski definition) is 1. The van der Waals surface area contributed by atoms with Gasteiger partial charge >= 0.3 is 12.1 Å². The molecule has 0 amide bonds. The highest BCUT2D eigenvalue weighted by Gasteiger charge is 2.32. The predicted molar refractivity (Wildman–Crippen MR) is 71.5 cm³/mol. The van der Waals surface area contributed by atoms with Crippen molar-refractivity contribution in [3.63, 3.8) is 0 Å². The summed E-state index contributed by atoms with van der Waals surface area (Å²) in [4.78, 5) is 11.3. The second kappa shape index (κ2) is 6.47. The number of carbonyl (C=O) groups excluding carboxylic acids is 1. The van der Waals surface area contributed by atoms with Crippen LogP contribution in [0, 0.1) is 5.92 Å². The van der Waals surface area contributed by atoms with Gasteiger partial charge in [0.1, 0.15) is 0 Å². The van der Waals surface area contributed by atoms with Crippen LogP contribution in [0.5, 0.6) is 0 Å². The monoisotopic (exact) mass is 301 g/mol. The molecule has 1 aliphatic heterocycles. The first-order valence-corrected chi connectivity index (χ1v) is 6.87. The number of hydrogen-bond acceptors (Lipinski definition) is 3. The predicted octanol–water partition coefficient (Wildman–Crippen LogP) is 3.31. The van der Waals surface area contributed by atoms with Crippen LogP contribution in [0.25, 0.3) is 0 Å². The molecule has 3 nitrogen and oxygen atoms in total. The molecular formula is C15H18F3NO2. The van der Waals surface area contributed by atoms with Crippen LogP contribution < -0.4 is 5.32 Å². The molecule has 0 aromatic heterocycles. The lowest BCUT2D eigenvalue weighted by Gasteiger charge is -2.30. The number of rotatable bonds is 3. The van der Waals surface area contributed by atoms with E-state index in [1.54, 1.807) is 6.07 Å². The van der Waals surface area contributed by atoms with Gasteiger partial charge in [-0.05, 0) is 43.0 Å². The molecule has 0 saturated carbocycles. The van der Waals surface area contributed by atoms with Crippen molar-refractivity contribution in [2.45, 2.75) is 31.5 Å². The summed E-state index contributed by atoms with van der Waals surface area (Å²) in [6.45, 7) is 0.683. The molecule has 1 aromatic rings. The Morgan fingerprint density at radius 1 is 1.43 bits per heavy atom. The van der Waals surface area contributed by atoms with Crippen LogP contribution in [0.3, 0.4) is 0 Å². The molecule has 1 heterocycles. The maximum atomic E-state index is 12.7. The SMILES string of the molecule is COC(=O)C[C@@H]1CCN[C@H](c2cccc(C(F)(F)F)c2)C1. The molecule has 1 saturated heterocycles. The number of benzene rings is 1. The van der Waals surface area contributed by atoms with Gasteiger partial charge in [-0.15, -0.1) is 0 Å². The minimum atomic E-state index is -4.34. The summed E-state index contributed by atoms with van der Waals surface area (Å²) in [6, 6.07) is 5.20. The van der Waals surface area contributed by atoms with Gasteiger partial charge in [-0.1, -0.05) is 12.1 Å². The number of methoxy groups -OCH3 is 1. The molecule has 6 heteroatoms. The highest BCUT2D eigenvalue weighted by molar-refractivity contribution is 5.69. The molecular weight excluding hydrogens is 283 g/mol. The van der Waals surface area contributed by atoms with Gasteiger partial charge in [-0.2, -0.15) is 13.2 Å². The zero-order valence-electron chi connectivity index (χ0n) is 11.7. The third-order valence-electron chi connectivity index (χ3n) is 3.81. The van der Waals surface area contributed by atoms with Crippen LogP contribution in [0.1, 0.15) is 36.4 Å². The number of ether oxygens (including phenoxy) is 1. The first-order chi connectivity index (χ1) is 9.90. The van der Waals surface area contributed by atoms with Crippen molar-refractivity contribution >= 4 is 5.97 Å². The number of carbonyl (C=O) groups is 1. The number of halogens is 3. The first-order valence-electron chi connectivity index (χ1n) is 6.87. The zero-order valence-corrected chi connectivity index (χ0v) is 11.7. The molecule has 1 fully saturated rings. The fourth-order valence-electron chi connectivity index (χ4n) is 2.69. The summed E-state index contributed by atoms with van der Waals surface area (Å²) in [6.07, 6.45) is -2.56. The maximum Gasteiger partial charge on any atom is 0.416 e. The summed E-state index contributed by atoms with van der Waals surface area (Å²) in [5, 5.41) is 3.22. The van der Waals surface area contributed by atoms with Crippen LogP contribution in [0.15, 0.2) is 24.3 Å². The van der Waals surface area contributed by atoms with E-state index in [9.17, 15) is 18.0 Å². The maximum absolute atomic E-state index is 12.7. The van der Waals surface area contributed by atoms with Gasteiger partial charge in [-0.3, -0.25) is 4.79 Å². The number of piperidine rings is 1. The third kappa shape index (κ3) is 4.20. The van der Waals surface area contributed by atoms with Crippen molar-refractivity contribution in [1.29, 1.82) is 0 Å². The Morgan fingerprint density at radius 2 is 2.19 bits per heavy atom. The molecule has 0 spiro atoms. The van der Waals surface area contributed by atoms with Crippen LogP contribution in [0.4, 0.5) is 13.2 Å². The van der Waals surface area contributed by atoms with E-state index in [2.05, 4.69) is 10.1 Å². The average Bonchev–Trinajstić information content (AvgIpc) is 2.46. The van der Waals surface area contributed by atoms with Gasteiger partial charge in [0, 0.05) is 12.5 Å². The van der Waals surface area contributed by atoms with Gasteiger partial charge in [0.05, 0.1) is 12.7 Å². The minimum absolute atomic E-state index is 0.137. The molecule has 1 N–H and O–H groups in total. The lowest BCUT2D eigenvalue weighted by atomic mass is 9.86. The second-order valence-electron chi connectivity index (χ2n) is 5.30. The van der Waals surface area contributed by atoms with Crippen molar-refractivity contribution < 1.29 is 22.7 Å². The van der Waals surface area contributed by atoms with E-state index < -0.39 is 11.7 Å². The van der Waals surface area contributed by atoms with Crippen molar-refractivity contribution in [2.24, 2.45) is 5.92 Å². The quantitative estimate of drug-likeness (QED) is 0.871. The number of nitrogens with one attached hydrogen (secondary N) is 1. The smallest absolute Gasteiger partial charge is 0.416 e. The fraction of sp³-hybridized carbons (Fsp3) is 0.533. The van der Waals surface area contributed by atoms with Gasteiger partial charge in [-0.25, -0.2) is 0 Å². The Morgan fingerprint density at radius 3 is 2.86 bits per heavy atom. The Bertz CT molecular complexity index is 502. The normalized spacial score (nSPS) is 22.9. The fourth-order valence-corrected chi connectivity index (χ4v) is 2.69. The Hall–Kier alpha value is -1.56. The first kappa shape index (κ1) is 15.8. The van der Waals surface area contributed by atoms with Crippen LogP contribution in [-0.2, 0) is 15.7 Å². The molecule has 2 rings (SSSR count). The van der Waals surface area contributed by atoms with Gasteiger partial charge in [0.2, 0.25) is 0 Å². The molecule has 0 bridgehead atoms. The molecule has 1 aliphatic rings. The lowest BCUT2D eigenvalue weighted by Crippen LogP contribution is -2.33. The van der Waals surface area contributed by atoms with E-state index in [0.29, 0.717) is 24.9 Å². The van der Waals surface area contributed by atoms with E-state index in [0.717, 1.165) is 12.5 Å². The topological polar surface area (TPSA) is 38.3 Å². The Kier molecular flexibility index (Phi) is 4.88. The van der Waals surface area contributed by atoms with Crippen LogP contribution in [-0.4, -0.2) is 19.6 Å². The molecule has 116 valence electrons. The summed E-state index contributed by atoms with van der Waals surface area (Å²) >= 11 is 0. The van der Waals surface area contributed by atoms with Crippen molar-refractivity contribution in [3.05, 3.63) is 35.4 Å². The van der Waals surface area contributed by atoms with Crippen molar-refractivity contribution in [2.75, 3.05) is 13.7 Å². The largest absolute Gasteiger partial charge is 0.469 e. The lowest BCUT2D eigenvalue weighted by molar-refractivity contribution is -0.142. The molecule has 0 unspecified atom stereocenters. The third-order valence-corrected chi connectivity index (χ3v) is 3.81. The summed E-state index contributed by atoms with van der Waals surface area (Å²) < 4.78 is 42.9. The van der Waals surface area contributed by atoms with Gasteiger partial charge in [0.25, 0.3) is 0 Å². The Balaban J connectivity index is 2.09. The highest BCUT2D eigenvalue weighted by Crippen LogP contribution is 2.34. The van der Waals surface area contributed by atoms with E-state index in [-0.39, 0.29) is 17.9 Å². The second-order valence-corrected chi connectivity index (χ2v) is 5.30. The summed E-state index contributed by atoms with van der Waals surface area (Å²) in [5.74, 6) is -0.136. The van der Waals surface area contributed by atoms with Crippen molar-refractivity contribution in [1.82, 2.24) is 5.32 Å². The number of alkyl halides is 3. The van der Waals surface area contributed by atoms with Gasteiger partial charge < -0.3 is 10.1 Å². The molecule has 21 heavy (non-hydrogen) atoms. The molecule has 0 aliphatic carbocycles. The van der Waals surface area contributed by atoms with E-state index in [4.69, 9.17) is 0 Å². The molecule has 2 atom stereocenters. The van der Waals surface area contributed by atoms with Gasteiger partial charge in [0.15, 0.2) is 0 Å². The summed E-state index contributed by atoms with van der Waals surface area (Å²) in [5.41, 5.74) is -0.0312. The standard InChI is InChI=1S/C15H18F3NO2/c1-21-14(20)8-10-5-6-19-13(7-10)11-3-2-4-12(9-11)15(16,17)18/h2-4,9-10,13,19H,5-8H2,1H3/t10-,13+/m1/s1. The van der Waals surface area contributed by atoms with Crippen LogP contribution in [0.2, 0.25) is 0 Å². The van der Waals surface area contributed by atoms with E-state index in [1.165, 1.54) is 19.2 Å². The molecule has 1 aromatic carbocycles. The average molecular weight is 301 g/mol. The Labute approximate surface area is 121 Å². The zero-order chi connectivity index (χ0) is 15.5. The van der Waals surface area contributed by atoms with Crippen molar-refractivity contribution in [3.8, 4) is 0 Å². The van der Waals surface area contributed by atoms with E-state index in [1.807, 2.05) is 0 Å².